The van der Waals surface area contributed by atoms with E-state index < -0.39 is 0 Å². The number of tetrazole rings is 1. The fourth-order valence-corrected chi connectivity index (χ4v) is 2.90. The van der Waals surface area contributed by atoms with Gasteiger partial charge in [-0.25, -0.2) is 0 Å². The number of carbonyl (C=O) groups excluding carboxylic acids is 1. The van der Waals surface area contributed by atoms with Crippen molar-refractivity contribution in [2.75, 3.05) is 26.0 Å². The Morgan fingerprint density at radius 1 is 1.23 bits per heavy atom. The zero-order valence-electron chi connectivity index (χ0n) is 14.2. The van der Waals surface area contributed by atoms with E-state index in [1.54, 1.807) is 19.2 Å². The van der Waals surface area contributed by atoms with Crippen LogP contribution in [0, 0.1) is 22.7 Å². The Labute approximate surface area is 155 Å². The second kappa shape index (κ2) is 10.0. The number of aromatic nitrogens is 4. The second-order valence-corrected chi connectivity index (χ2v) is 6.00. The molecule has 0 saturated heterocycles. The van der Waals surface area contributed by atoms with Crippen LogP contribution in [0.15, 0.2) is 29.4 Å². The average Bonchev–Trinajstić information content (AvgIpc) is 3.15. The van der Waals surface area contributed by atoms with Crippen molar-refractivity contribution in [2.24, 2.45) is 0 Å². The summed E-state index contributed by atoms with van der Waals surface area (Å²) in [4.78, 5) is 13.9. The topological polar surface area (TPSA) is 121 Å². The van der Waals surface area contributed by atoms with Crippen LogP contribution in [-0.4, -0.2) is 57.0 Å². The van der Waals surface area contributed by atoms with Crippen molar-refractivity contribution in [1.29, 1.82) is 10.5 Å². The van der Waals surface area contributed by atoms with Gasteiger partial charge in [0.1, 0.15) is 5.75 Å². The molecular weight excluding hydrogens is 354 g/mol. The van der Waals surface area contributed by atoms with E-state index in [4.69, 9.17) is 15.3 Å². The van der Waals surface area contributed by atoms with Gasteiger partial charge in [-0.3, -0.25) is 4.79 Å². The third kappa shape index (κ3) is 5.19. The maximum absolute atomic E-state index is 12.4. The Hall–Kier alpha value is -3.11. The summed E-state index contributed by atoms with van der Waals surface area (Å²) in [6.45, 7) is 0.613. The largest absolute Gasteiger partial charge is 0.497 e. The van der Waals surface area contributed by atoms with Crippen molar-refractivity contribution in [3.05, 3.63) is 24.3 Å². The van der Waals surface area contributed by atoms with Crippen LogP contribution in [0.25, 0.3) is 5.69 Å². The van der Waals surface area contributed by atoms with Crippen molar-refractivity contribution < 1.29 is 9.53 Å². The van der Waals surface area contributed by atoms with Crippen LogP contribution >= 0.6 is 11.8 Å². The number of nitriles is 2. The summed E-state index contributed by atoms with van der Waals surface area (Å²) in [7, 11) is 1.59. The van der Waals surface area contributed by atoms with Gasteiger partial charge >= 0.3 is 0 Å². The first-order chi connectivity index (χ1) is 12.7. The molecule has 9 nitrogen and oxygen atoms in total. The lowest BCUT2D eigenvalue weighted by atomic mass is 10.3. The summed E-state index contributed by atoms with van der Waals surface area (Å²) in [5, 5.41) is 29.4. The Morgan fingerprint density at radius 3 is 2.46 bits per heavy atom. The highest BCUT2D eigenvalue weighted by molar-refractivity contribution is 7.99. The summed E-state index contributed by atoms with van der Waals surface area (Å²) >= 11 is 1.20. The molecule has 0 atom stereocenters. The first-order valence-electron chi connectivity index (χ1n) is 7.77. The molecule has 26 heavy (non-hydrogen) atoms. The maximum atomic E-state index is 12.4. The van der Waals surface area contributed by atoms with Crippen LogP contribution in [0.4, 0.5) is 0 Å². The van der Waals surface area contributed by atoms with Crippen molar-refractivity contribution in [2.45, 2.75) is 18.0 Å². The molecule has 0 radical (unpaired) electrons. The van der Waals surface area contributed by atoms with Crippen LogP contribution in [0.2, 0.25) is 0 Å². The maximum Gasteiger partial charge on any atom is 0.233 e. The van der Waals surface area contributed by atoms with Crippen molar-refractivity contribution in [1.82, 2.24) is 25.1 Å². The van der Waals surface area contributed by atoms with E-state index in [9.17, 15) is 4.79 Å². The van der Waals surface area contributed by atoms with Gasteiger partial charge in [0, 0.05) is 13.1 Å². The number of nitrogens with zero attached hydrogens (tertiary/aromatic N) is 7. The van der Waals surface area contributed by atoms with Crippen LogP contribution in [0.1, 0.15) is 12.8 Å². The number of rotatable bonds is 9. The smallest absolute Gasteiger partial charge is 0.233 e. The van der Waals surface area contributed by atoms with Gasteiger partial charge in [-0.2, -0.15) is 15.2 Å². The summed E-state index contributed by atoms with van der Waals surface area (Å²) in [6.07, 6.45) is 0.455. The van der Waals surface area contributed by atoms with E-state index >= 15 is 0 Å². The number of hydrogen-bond donors (Lipinski definition) is 0. The van der Waals surface area contributed by atoms with Gasteiger partial charge in [0.05, 0.1) is 43.5 Å². The minimum atomic E-state index is -0.162. The molecule has 134 valence electrons. The number of amides is 1. The molecular formula is C16H17N7O2S. The third-order valence-electron chi connectivity index (χ3n) is 3.42. The fourth-order valence-electron chi connectivity index (χ4n) is 2.10. The Kier molecular flexibility index (Phi) is 7.40. The van der Waals surface area contributed by atoms with Gasteiger partial charge in [0.2, 0.25) is 11.1 Å². The Balaban J connectivity index is 2.02. The molecule has 0 aliphatic rings. The van der Waals surface area contributed by atoms with Crippen molar-refractivity contribution in [3.8, 4) is 23.6 Å². The molecule has 0 aliphatic carbocycles. The normalized spacial score (nSPS) is 9.96. The monoisotopic (exact) mass is 371 g/mol. The summed E-state index contributed by atoms with van der Waals surface area (Å²) in [5.74, 6) is 0.675. The summed E-state index contributed by atoms with van der Waals surface area (Å²) in [5.41, 5.74) is 0.747. The van der Waals surface area contributed by atoms with E-state index in [0.717, 1.165) is 11.4 Å². The number of thioether (sulfide) groups is 1. The molecule has 0 spiro atoms. The predicted molar refractivity (Wildman–Crippen MR) is 93.5 cm³/mol. The van der Waals surface area contributed by atoms with Gasteiger partial charge in [-0.05, 0) is 34.7 Å². The lowest BCUT2D eigenvalue weighted by molar-refractivity contribution is -0.128. The molecule has 0 aliphatic heterocycles. The standard InChI is InChI=1S/C16H17N7O2S/c1-25-14-6-4-13(5-7-14)23-16(19-20-21-23)26-12-15(24)22(10-2-8-17)11-3-9-18/h4-7H,2-3,10-12H2,1H3. The van der Waals surface area contributed by atoms with Crippen molar-refractivity contribution in [3.63, 3.8) is 0 Å². The highest BCUT2D eigenvalue weighted by atomic mass is 32.2. The van der Waals surface area contributed by atoms with Crippen LogP contribution in [0.3, 0.4) is 0 Å². The molecule has 0 N–H and O–H groups in total. The first kappa shape index (κ1) is 19.2. The molecule has 10 heteroatoms. The summed E-state index contributed by atoms with van der Waals surface area (Å²) in [6, 6.07) is 11.2. The highest BCUT2D eigenvalue weighted by Gasteiger charge is 2.16. The number of carbonyl (C=O) groups is 1. The molecule has 1 amide bonds. The SMILES string of the molecule is COc1ccc(-n2nnnc2SCC(=O)N(CCC#N)CCC#N)cc1. The van der Waals surface area contributed by atoms with Gasteiger partial charge in [-0.1, -0.05) is 11.8 Å². The van der Waals surface area contributed by atoms with E-state index in [2.05, 4.69) is 15.5 Å². The molecule has 2 aromatic rings. The molecule has 0 saturated carbocycles. The predicted octanol–water partition coefficient (Wildman–Crippen LogP) is 1.42. The van der Waals surface area contributed by atoms with Gasteiger partial charge < -0.3 is 9.64 Å². The quantitative estimate of drug-likeness (QED) is 0.607. The fraction of sp³-hybridized carbons (Fsp3) is 0.375. The van der Waals surface area contributed by atoms with E-state index in [-0.39, 0.29) is 24.5 Å². The number of ether oxygens (including phenoxy) is 1. The van der Waals surface area contributed by atoms with E-state index in [1.165, 1.54) is 21.3 Å². The van der Waals surface area contributed by atoms with Crippen LogP contribution < -0.4 is 4.74 Å². The summed E-state index contributed by atoms with van der Waals surface area (Å²) < 4.78 is 6.66. The van der Waals surface area contributed by atoms with Crippen LogP contribution in [-0.2, 0) is 4.79 Å². The molecule has 0 fully saturated rings. The minimum Gasteiger partial charge on any atom is -0.497 e. The number of hydrogen-bond acceptors (Lipinski definition) is 8. The third-order valence-corrected chi connectivity index (χ3v) is 4.33. The molecule has 1 aromatic carbocycles. The molecule has 0 bridgehead atoms. The van der Waals surface area contributed by atoms with Crippen molar-refractivity contribution >= 4 is 17.7 Å². The van der Waals surface area contributed by atoms with E-state index in [1.807, 2.05) is 24.3 Å². The Morgan fingerprint density at radius 2 is 1.88 bits per heavy atom. The molecule has 0 unspecified atom stereocenters. The zero-order valence-corrected chi connectivity index (χ0v) is 15.0. The van der Waals surface area contributed by atoms with E-state index in [0.29, 0.717) is 18.2 Å². The lowest BCUT2D eigenvalue weighted by Crippen LogP contribution is -2.34. The number of methoxy groups -OCH3 is 1. The molecule has 2 rings (SSSR count). The lowest BCUT2D eigenvalue weighted by Gasteiger charge is -2.19. The molecule has 1 aromatic heterocycles. The number of benzene rings is 1. The highest BCUT2D eigenvalue weighted by Crippen LogP contribution is 2.20. The van der Waals surface area contributed by atoms with Crippen LogP contribution in [0.5, 0.6) is 5.75 Å². The minimum absolute atomic E-state index is 0.118. The first-order valence-corrected chi connectivity index (χ1v) is 8.75. The van der Waals surface area contributed by atoms with Gasteiger partial charge in [0.15, 0.2) is 0 Å². The zero-order chi connectivity index (χ0) is 18.8. The molecule has 1 heterocycles. The second-order valence-electron chi connectivity index (χ2n) is 5.06. The van der Waals surface area contributed by atoms with Gasteiger partial charge in [-0.15, -0.1) is 5.10 Å². The van der Waals surface area contributed by atoms with Gasteiger partial charge in [0.25, 0.3) is 0 Å². The Bertz CT molecular complexity index is 789. The average molecular weight is 371 g/mol.